The fraction of sp³-hybridized carbons (Fsp3) is 0.478. The normalized spacial score (nSPS) is 14.7. The highest BCUT2D eigenvalue weighted by atomic mass is 32.1. The van der Waals surface area contributed by atoms with E-state index in [1.54, 1.807) is 4.90 Å². The number of aromatic nitrogens is 1. The van der Waals surface area contributed by atoms with Crippen molar-refractivity contribution < 1.29 is 9.64 Å². The van der Waals surface area contributed by atoms with E-state index >= 15 is 0 Å². The first-order valence-electron chi connectivity index (χ1n) is 10.6. The summed E-state index contributed by atoms with van der Waals surface area (Å²) in [5, 5.41) is 4.21. The highest BCUT2D eigenvalue weighted by Gasteiger charge is 2.16. The Kier molecular flexibility index (Phi) is 8.40. The van der Waals surface area contributed by atoms with Crippen LogP contribution < -0.4 is 10.2 Å². The third-order valence-electron chi connectivity index (χ3n) is 5.40. The summed E-state index contributed by atoms with van der Waals surface area (Å²) in [6, 6.07) is 12.7. The van der Waals surface area contributed by atoms with E-state index in [2.05, 4.69) is 65.4 Å². The van der Waals surface area contributed by atoms with Crippen molar-refractivity contribution in [2.45, 2.75) is 32.7 Å². The smallest absolute Gasteiger partial charge is 0.173 e. The van der Waals surface area contributed by atoms with Crippen LogP contribution >= 0.6 is 12.2 Å². The molecule has 0 atom stereocenters. The van der Waals surface area contributed by atoms with E-state index in [-0.39, 0.29) is 0 Å². The summed E-state index contributed by atoms with van der Waals surface area (Å²) < 4.78 is 5.47. The fourth-order valence-corrected chi connectivity index (χ4v) is 3.82. The van der Waals surface area contributed by atoms with Gasteiger partial charge >= 0.3 is 0 Å². The van der Waals surface area contributed by atoms with E-state index in [1.165, 1.54) is 11.1 Å². The van der Waals surface area contributed by atoms with Gasteiger partial charge in [-0.25, -0.2) is 0 Å². The molecule has 1 saturated heterocycles. The van der Waals surface area contributed by atoms with Gasteiger partial charge in [0.25, 0.3) is 0 Å². The first-order valence-corrected chi connectivity index (χ1v) is 11.0. The monoisotopic (exact) mass is 413 g/mol. The maximum absolute atomic E-state index is 5.78. The van der Waals surface area contributed by atoms with Crippen LogP contribution in [0, 0.1) is 0 Å². The van der Waals surface area contributed by atoms with E-state index < -0.39 is 0 Å². The summed E-state index contributed by atoms with van der Waals surface area (Å²) >= 11 is 5.78. The van der Waals surface area contributed by atoms with E-state index in [9.17, 15) is 0 Å². The molecular weight excluding hydrogens is 380 g/mol. The van der Waals surface area contributed by atoms with Crippen molar-refractivity contribution >= 4 is 23.0 Å². The molecule has 1 aromatic carbocycles. The molecule has 0 unspecified atom stereocenters. The third kappa shape index (κ3) is 7.07. The van der Waals surface area contributed by atoms with Crippen LogP contribution in [0.25, 0.3) is 0 Å². The summed E-state index contributed by atoms with van der Waals surface area (Å²) in [7, 11) is 0. The molecule has 0 aliphatic carbocycles. The van der Waals surface area contributed by atoms with Gasteiger partial charge < -0.3 is 19.9 Å². The fourth-order valence-electron chi connectivity index (χ4n) is 3.54. The molecule has 2 N–H and O–H groups in total. The average Bonchev–Trinajstić information content (AvgIpc) is 2.75. The van der Waals surface area contributed by atoms with Gasteiger partial charge in [-0.05, 0) is 53.5 Å². The van der Waals surface area contributed by atoms with Crippen molar-refractivity contribution in [1.29, 1.82) is 0 Å². The molecule has 156 valence electrons. The van der Waals surface area contributed by atoms with E-state index in [1.807, 2.05) is 12.4 Å². The van der Waals surface area contributed by atoms with Gasteiger partial charge in [0.1, 0.15) is 13.1 Å². The Bertz CT molecular complexity index is 745. The molecule has 0 amide bonds. The second kappa shape index (κ2) is 11.2. The molecule has 3 rings (SSSR count). The molecule has 1 aliphatic rings. The summed E-state index contributed by atoms with van der Waals surface area (Å²) in [5.41, 5.74) is 3.60. The van der Waals surface area contributed by atoms with E-state index in [4.69, 9.17) is 17.0 Å². The minimum atomic E-state index is 0.530. The largest absolute Gasteiger partial charge is 0.370 e. The molecule has 1 aliphatic heterocycles. The summed E-state index contributed by atoms with van der Waals surface area (Å²) in [6.07, 6.45) is 4.79. The van der Waals surface area contributed by atoms with Gasteiger partial charge in [-0.3, -0.25) is 4.98 Å². The zero-order valence-electron chi connectivity index (χ0n) is 17.6. The predicted octanol–water partition coefficient (Wildman–Crippen LogP) is 2.71. The van der Waals surface area contributed by atoms with Crippen LogP contribution in [0.4, 0.5) is 5.69 Å². The highest BCUT2D eigenvalue weighted by molar-refractivity contribution is 7.80. The van der Waals surface area contributed by atoms with Crippen molar-refractivity contribution in [3.05, 3.63) is 59.9 Å². The van der Waals surface area contributed by atoms with Crippen LogP contribution in [0.2, 0.25) is 0 Å². The lowest BCUT2D eigenvalue weighted by atomic mass is 10.0. The molecule has 0 spiro atoms. The number of thiocarbonyl (C=S) groups is 1. The Morgan fingerprint density at radius 3 is 2.48 bits per heavy atom. The van der Waals surface area contributed by atoms with Gasteiger partial charge in [0.2, 0.25) is 0 Å². The molecule has 1 fully saturated rings. The van der Waals surface area contributed by atoms with Crippen molar-refractivity contribution in [2.75, 3.05) is 44.7 Å². The number of morpholine rings is 1. The lowest BCUT2D eigenvalue weighted by Crippen LogP contribution is -3.14. The van der Waals surface area contributed by atoms with Crippen molar-refractivity contribution in [1.82, 2.24) is 9.88 Å². The number of benzene rings is 1. The Hall–Kier alpha value is -2.02. The third-order valence-corrected chi connectivity index (χ3v) is 5.76. The first kappa shape index (κ1) is 21.7. The van der Waals surface area contributed by atoms with Gasteiger partial charge in [0.15, 0.2) is 5.11 Å². The van der Waals surface area contributed by atoms with Crippen molar-refractivity contribution in [3.63, 3.8) is 0 Å². The molecule has 6 heteroatoms. The average molecular weight is 414 g/mol. The van der Waals surface area contributed by atoms with Gasteiger partial charge in [0.05, 0.1) is 19.8 Å². The number of hydrogen-bond donors (Lipinski definition) is 2. The summed E-state index contributed by atoms with van der Waals surface area (Å²) in [4.78, 5) is 8.02. The van der Waals surface area contributed by atoms with Gasteiger partial charge in [0, 0.05) is 37.6 Å². The van der Waals surface area contributed by atoms with E-state index in [0.717, 1.165) is 63.2 Å². The second-order valence-electron chi connectivity index (χ2n) is 7.95. The summed E-state index contributed by atoms with van der Waals surface area (Å²) in [5.74, 6) is 0.530. The number of quaternary nitrogens is 1. The maximum Gasteiger partial charge on any atom is 0.173 e. The highest BCUT2D eigenvalue weighted by Crippen LogP contribution is 2.18. The number of ether oxygens (including phenoxy) is 1. The van der Waals surface area contributed by atoms with Crippen molar-refractivity contribution in [2.24, 2.45) is 0 Å². The SMILES string of the molecule is CC(C)c1ccc(NC(=S)N(CCC[NH+]2CCOCC2)Cc2ccncc2)cc1. The zero-order valence-corrected chi connectivity index (χ0v) is 18.4. The number of pyridine rings is 1. The lowest BCUT2D eigenvalue weighted by molar-refractivity contribution is -0.908. The molecule has 0 saturated carbocycles. The number of hydrogen-bond acceptors (Lipinski definition) is 3. The minimum absolute atomic E-state index is 0.530. The molecule has 0 bridgehead atoms. The number of rotatable bonds is 8. The molecule has 29 heavy (non-hydrogen) atoms. The standard InChI is InChI=1S/C23H32N4OS/c1-19(2)21-4-6-22(7-5-21)25-23(29)27(18-20-8-10-24-11-9-20)13-3-12-26-14-16-28-17-15-26/h4-11,19H,3,12-18H2,1-2H3,(H,25,29)/p+1. The van der Waals surface area contributed by atoms with Crippen LogP contribution in [-0.4, -0.2) is 54.4 Å². The van der Waals surface area contributed by atoms with Gasteiger partial charge in [-0.2, -0.15) is 0 Å². The van der Waals surface area contributed by atoms with Crippen LogP contribution in [0.3, 0.4) is 0 Å². The van der Waals surface area contributed by atoms with Gasteiger partial charge in [-0.15, -0.1) is 0 Å². The van der Waals surface area contributed by atoms with Crippen molar-refractivity contribution in [3.8, 4) is 0 Å². The van der Waals surface area contributed by atoms with E-state index in [0.29, 0.717) is 5.92 Å². The summed E-state index contributed by atoms with van der Waals surface area (Å²) in [6.45, 7) is 11.3. The van der Waals surface area contributed by atoms with Crippen LogP contribution in [0.5, 0.6) is 0 Å². The Morgan fingerprint density at radius 1 is 1.14 bits per heavy atom. The molecule has 2 heterocycles. The predicted molar refractivity (Wildman–Crippen MR) is 122 cm³/mol. The van der Waals surface area contributed by atoms with Gasteiger partial charge in [-0.1, -0.05) is 26.0 Å². The maximum atomic E-state index is 5.78. The quantitative estimate of drug-likeness (QED) is 0.652. The second-order valence-corrected chi connectivity index (χ2v) is 8.34. The Labute approximate surface area is 180 Å². The Balaban J connectivity index is 1.60. The number of anilines is 1. The lowest BCUT2D eigenvalue weighted by Gasteiger charge is -2.28. The number of nitrogens with zero attached hydrogens (tertiary/aromatic N) is 2. The molecular formula is C23H33N4OS+. The molecule has 2 aromatic rings. The first-order chi connectivity index (χ1) is 14.1. The molecule has 1 aromatic heterocycles. The Morgan fingerprint density at radius 2 is 1.83 bits per heavy atom. The molecule has 0 radical (unpaired) electrons. The minimum Gasteiger partial charge on any atom is -0.370 e. The zero-order chi connectivity index (χ0) is 20.5. The topological polar surface area (TPSA) is 41.8 Å². The molecule has 5 nitrogen and oxygen atoms in total. The number of nitrogens with one attached hydrogen (secondary N) is 2. The van der Waals surface area contributed by atoms with Crippen LogP contribution in [0.15, 0.2) is 48.8 Å². The van der Waals surface area contributed by atoms with Crippen LogP contribution in [0.1, 0.15) is 37.3 Å². The van der Waals surface area contributed by atoms with Crippen LogP contribution in [-0.2, 0) is 11.3 Å².